The van der Waals surface area contributed by atoms with Crippen LogP contribution in [0.25, 0.3) is 0 Å². The third-order valence-electron chi connectivity index (χ3n) is 3.65. The molecule has 1 aliphatic heterocycles. The largest absolute Gasteiger partial charge is 0.395 e. The zero-order chi connectivity index (χ0) is 12.2. The predicted molar refractivity (Wildman–Crippen MR) is 66.4 cm³/mol. The second-order valence-corrected chi connectivity index (χ2v) is 6.04. The van der Waals surface area contributed by atoms with E-state index in [2.05, 4.69) is 25.7 Å². The Balaban J connectivity index is 2.35. The average Bonchev–Trinajstić information content (AvgIpc) is 2.24. The van der Waals surface area contributed by atoms with Gasteiger partial charge >= 0.3 is 0 Å². The fourth-order valence-electron chi connectivity index (χ4n) is 2.28. The molecule has 0 radical (unpaired) electrons. The highest BCUT2D eigenvalue weighted by molar-refractivity contribution is 4.79. The van der Waals surface area contributed by atoms with E-state index in [4.69, 9.17) is 0 Å². The standard InChI is InChI=1S/C13H27NO2/c1-13(2,3)12(16)7-9-14-8-5-4-6-11(14)10-15/h11-12,15-16H,4-10H2,1-3H3. The minimum atomic E-state index is -0.256. The molecule has 1 fully saturated rings. The Hall–Kier alpha value is -0.120. The smallest absolute Gasteiger partial charge is 0.0600 e. The minimum Gasteiger partial charge on any atom is -0.395 e. The SMILES string of the molecule is CC(C)(C)C(O)CCN1CCCCC1CO. The summed E-state index contributed by atoms with van der Waals surface area (Å²) in [5.74, 6) is 0. The maximum absolute atomic E-state index is 9.99. The van der Waals surface area contributed by atoms with E-state index >= 15 is 0 Å². The van der Waals surface area contributed by atoms with Crippen molar-refractivity contribution < 1.29 is 10.2 Å². The number of hydrogen-bond acceptors (Lipinski definition) is 3. The van der Waals surface area contributed by atoms with E-state index in [9.17, 15) is 10.2 Å². The van der Waals surface area contributed by atoms with Gasteiger partial charge in [0.2, 0.25) is 0 Å². The van der Waals surface area contributed by atoms with Crippen molar-refractivity contribution in [3.63, 3.8) is 0 Å². The lowest BCUT2D eigenvalue weighted by Crippen LogP contribution is -2.43. The Labute approximate surface area is 99.5 Å². The van der Waals surface area contributed by atoms with E-state index in [0.29, 0.717) is 6.04 Å². The van der Waals surface area contributed by atoms with E-state index in [1.54, 1.807) is 0 Å². The Morgan fingerprint density at radius 1 is 1.31 bits per heavy atom. The molecule has 3 heteroatoms. The predicted octanol–water partition coefficient (Wildman–Crippen LogP) is 1.63. The highest BCUT2D eigenvalue weighted by Gasteiger charge is 2.25. The summed E-state index contributed by atoms with van der Waals surface area (Å²) in [6.07, 6.45) is 4.10. The molecule has 1 heterocycles. The number of aliphatic hydroxyl groups excluding tert-OH is 2. The van der Waals surface area contributed by atoms with E-state index in [1.807, 2.05) is 0 Å². The molecule has 1 rings (SSSR count). The molecule has 2 unspecified atom stereocenters. The molecule has 0 aromatic heterocycles. The van der Waals surface area contributed by atoms with Crippen LogP contribution in [0.1, 0.15) is 46.5 Å². The van der Waals surface area contributed by atoms with Crippen LogP contribution in [0.2, 0.25) is 0 Å². The van der Waals surface area contributed by atoms with Crippen LogP contribution < -0.4 is 0 Å². The van der Waals surface area contributed by atoms with Gasteiger partial charge in [-0.15, -0.1) is 0 Å². The lowest BCUT2D eigenvalue weighted by atomic mass is 9.87. The molecule has 0 bridgehead atoms. The van der Waals surface area contributed by atoms with Crippen molar-refractivity contribution in [2.24, 2.45) is 5.41 Å². The first-order chi connectivity index (χ1) is 7.45. The fourth-order valence-corrected chi connectivity index (χ4v) is 2.28. The Kier molecular flexibility index (Phi) is 5.22. The normalized spacial score (nSPS) is 25.7. The summed E-state index contributed by atoms with van der Waals surface area (Å²) in [4.78, 5) is 2.33. The zero-order valence-electron chi connectivity index (χ0n) is 10.9. The number of nitrogens with zero attached hydrogens (tertiary/aromatic N) is 1. The van der Waals surface area contributed by atoms with Crippen molar-refractivity contribution >= 4 is 0 Å². The van der Waals surface area contributed by atoms with Crippen LogP contribution in [0.3, 0.4) is 0 Å². The van der Waals surface area contributed by atoms with Gasteiger partial charge in [0.1, 0.15) is 0 Å². The van der Waals surface area contributed by atoms with Gasteiger partial charge in [0, 0.05) is 12.6 Å². The number of aliphatic hydroxyl groups is 2. The number of piperidine rings is 1. The van der Waals surface area contributed by atoms with Crippen LogP contribution in [0.15, 0.2) is 0 Å². The number of rotatable bonds is 4. The van der Waals surface area contributed by atoms with E-state index in [-0.39, 0.29) is 18.1 Å². The monoisotopic (exact) mass is 229 g/mol. The van der Waals surface area contributed by atoms with Crippen LogP contribution >= 0.6 is 0 Å². The maximum Gasteiger partial charge on any atom is 0.0600 e. The van der Waals surface area contributed by atoms with Gasteiger partial charge in [0.05, 0.1) is 12.7 Å². The van der Waals surface area contributed by atoms with Crippen molar-refractivity contribution in [1.82, 2.24) is 4.90 Å². The van der Waals surface area contributed by atoms with Crippen LogP contribution in [0, 0.1) is 5.41 Å². The summed E-state index contributed by atoms with van der Waals surface area (Å²) in [7, 11) is 0. The summed E-state index contributed by atoms with van der Waals surface area (Å²) in [5.41, 5.74) is -0.0372. The second kappa shape index (κ2) is 5.99. The van der Waals surface area contributed by atoms with E-state index in [1.165, 1.54) is 12.8 Å². The number of hydrogen-bond donors (Lipinski definition) is 2. The summed E-state index contributed by atoms with van der Waals surface area (Å²) < 4.78 is 0. The summed E-state index contributed by atoms with van der Waals surface area (Å²) in [6, 6.07) is 0.320. The molecular formula is C13H27NO2. The first kappa shape index (κ1) is 13.9. The molecule has 3 nitrogen and oxygen atoms in total. The lowest BCUT2D eigenvalue weighted by molar-refractivity contribution is 0.0273. The van der Waals surface area contributed by atoms with Crippen molar-refractivity contribution in [2.45, 2.75) is 58.6 Å². The molecule has 1 aliphatic rings. The molecule has 2 atom stereocenters. The van der Waals surface area contributed by atoms with Gasteiger partial charge in [-0.3, -0.25) is 4.90 Å². The van der Waals surface area contributed by atoms with Gasteiger partial charge in [0.15, 0.2) is 0 Å². The van der Waals surface area contributed by atoms with Gasteiger partial charge in [-0.25, -0.2) is 0 Å². The number of likely N-dealkylation sites (tertiary alicyclic amines) is 1. The Morgan fingerprint density at radius 2 is 2.00 bits per heavy atom. The molecule has 0 aliphatic carbocycles. The Bertz CT molecular complexity index is 201. The zero-order valence-corrected chi connectivity index (χ0v) is 10.9. The molecule has 1 saturated heterocycles. The van der Waals surface area contributed by atoms with Gasteiger partial charge in [-0.1, -0.05) is 27.2 Å². The van der Waals surface area contributed by atoms with Crippen LogP contribution in [0.5, 0.6) is 0 Å². The fraction of sp³-hybridized carbons (Fsp3) is 1.00. The van der Waals surface area contributed by atoms with Crippen molar-refractivity contribution in [1.29, 1.82) is 0 Å². The van der Waals surface area contributed by atoms with Gasteiger partial charge in [-0.2, -0.15) is 0 Å². The van der Waals surface area contributed by atoms with Crippen LogP contribution in [-0.4, -0.2) is 47.0 Å². The Morgan fingerprint density at radius 3 is 2.56 bits per heavy atom. The molecule has 0 saturated carbocycles. The minimum absolute atomic E-state index is 0.0372. The quantitative estimate of drug-likeness (QED) is 0.770. The molecule has 0 aromatic rings. The van der Waals surface area contributed by atoms with Crippen molar-refractivity contribution in [2.75, 3.05) is 19.7 Å². The summed E-state index contributed by atoms with van der Waals surface area (Å²) in [6.45, 7) is 8.43. The third-order valence-corrected chi connectivity index (χ3v) is 3.65. The topological polar surface area (TPSA) is 43.7 Å². The molecule has 96 valence electrons. The second-order valence-electron chi connectivity index (χ2n) is 6.04. The van der Waals surface area contributed by atoms with Gasteiger partial charge in [-0.05, 0) is 31.2 Å². The first-order valence-corrected chi connectivity index (χ1v) is 6.48. The molecule has 0 aromatic carbocycles. The molecule has 0 spiro atoms. The summed E-state index contributed by atoms with van der Waals surface area (Å²) in [5, 5.41) is 19.3. The molecule has 2 N–H and O–H groups in total. The maximum atomic E-state index is 9.99. The first-order valence-electron chi connectivity index (χ1n) is 6.48. The average molecular weight is 229 g/mol. The van der Waals surface area contributed by atoms with Crippen LogP contribution in [-0.2, 0) is 0 Å². The van der Waals surface area contributed by atoms with Gasteiger partial charge in [0.25, 0.3) is 0 Å². The molecular weight excluding hydrogens is 202 g/mol. The van der Waals surface area contributed by atoms with Crippen molar-refractivity contribution in [3.05, 3.63) is 0 Å². The summed E-state index contributed by atoms with van der Waals surface area (Å²) >= 11 is 0. The van der Waals surface area contributed by atoms with E-state index < -0.39 is 0 Å². The van der Waals surface area contributed by atoms with Gasteiger partial charge < -0.3 is 10.2 Å². The van der Waals surface area contributed by atoms with Crippen molar-refractivity contribution in [3.8, 4) is 0 Å². The van der Waals surface area contributed by atoms with E-state index in [0.717, 1.165) is 25.9 Å². The highest BCUT2D eigenvalue weighted by Crippen LogP contribution is 2.23. The molecule has 0 amide bonds. The third kappa shape index (κ3) is 4.04. The van der Waals surface area contributed by atoms with Crippen LogP contribution in [0.4, 0.5) is 0 Å². The highest BCUT2D eigenvalue weighted by atomic mass is 16.3. The lowest BCUT2D eigenvalue weighted by Gasteiger charge is -2.36. The molecule has 16 heavy (non-hydrogen) atoms.